The monoisotopic (exact) mass is 852 g/mol. The van der Waals surface area contributed by atoms with Crippen molar-refractivity contribution in [3.8, 4) is 33.6 Å². The first-order chi connectivity index (χ1) is 30.4. The Morgan fingerprint density at radius 1 is 0.762 bits per heavy atom. The van der Waals surface area contributed by atoms with E-state index in [-0.39, 0.29) is 47.8 Å². The fourth-order valence-corrected chi connectivity index (χ4v) is 10.9. The number of aryl methyl sites for hydroxylation is 2. The van der Waals surface area contributed by atoms with E-state index in [2.05, 4.69) is 107 Å². The average molecular weight is 853 g/mol. The van der Waals surface area contributed by atoms with Crippen molar-refractivity contribution in [3.05, 3.63) is 95.3 Å². The second-order valence-electron chi connectivity index (χ2n) is 18.7. The lowest BCUT2D eigenvalue weighted by molar-refractivity contribution is -0.136. The molecule has 9 rings (SSSR count). The minimum absolute atomic E-state index is 0.0337. The van der Waals surface area contributed by atoms with Crippen molar-refractivity contribution in [2.75, 3.05) is 27.3 Å². The van der Waals surface area contributed by atoms with Gasteiger partial charge in [-0.25, -0.2) is 9.59 Å². The molecule has 2 saturated carbocycles. The van der Waals surface area contributed by atoms with Gasteiger partial charge in [0.2, 0.25) is 11.8 Å². The maximum atomic E-state index is 14.1. The van der Waals surface area contributed by atoms with E-state index in [0.29, 0.717) is 12.5 Å². The minimum atomic E-state index is -0.661. The van der Waals surface area contributed by atoms with E-state index < -0.39 is 18.2 Å². The summed E-state index contributed by atoms with van der Waals surface area (Å²) in [5.74, 6) is 0.183. The summed E-state index contributed by atoms with van der Waals surface area (Å²) in [6.07, 6.45) is 6.74. The Balaban J connectivity index is 0.931. The fourth-order valence-electron chi connectivity index (χ4n) is 10.9. The van der Waals surface area contributed by atoms with Crippen LogP contribution in [-0.2, 0) is 31.9 Å². The molecule has 2 bridgehead atoms. The number of rotatable bonds is 12. The lowest BCUT2D eigenvalue weighted by atomic mass is 9.93. The van der Waals surface area contributed by atoms with Gasteiger partial charge < -0.3 is 39.9 Å². The number of methoxy groups -OCH3 is 2. The molecule has 2 aliphatic carbocycles. The van der Waals surface area contributed by atoms with Crippen LogP contribution in [0.15, 0.2) is 72.8 Å². The van der Waals surface area contributed by atoms with Crippen LogP contribution < -0.4 is 10.6 Å². The van der Waals surface area contributed by atoms with Crippen LogP contribution in [0.4, 0.5) is 9.59 Å². The zero-order valence-electron chi connectivity index (χ0n) is 37.3. The van der Waals surface area contributed by atoms with Crippen molar-refractivity contribution in [2.45, 2.75) is 103 Å². The van der Waals surface area contributed by atoms with E-state index in [9.17, 15) is 19.2 Å². The van der Waals surface area contributed by atoms with Crippen LogP contribution in [0.25, 0.3) is 44.4 Å². The number of fused-ring (bicyclic) bond motifs is 3. The zero-order valence-corrected chi connectivity index (χ0v) is 37.3. The third-order valence-electron chi connectivity index (χ3n) is 14.5. The molecule has 12 heteroatoms. The van der Waals surface area contributed by atoms with Gasteiger partial charge in [0.1, 0.15) is 12.6 Å². The maximum absolute atomic E-state index is 14.1. The third-order valence-corrected chi connectivity index (χ3v) is 14.5. The summed E-state index contributed by atoms with van der Waals surface area (Å²) in [7, 11) is 2.63. The van der Waals surface area contributed by atoms with Gasteiger partial charge in [0.15, 0.2) is 0 Å². The van der Waals surface area contributed by atoms with Crippen molar-refractivity contribution >= 4 is 34.8 Å². The Hall–Kier alpha value is -6.04. The Morgan fingerprint density at radius 3 is 2.02 bits per heavy atom. The molecule has 1 spiro atoms. The van der Waals surface area contributed by atoms with E-state index in [1.54, 1.807) is 0 Å². The Morgan fingerprint density at radius 2 is 1.37 bits per heavy atom. The molecule has 2 aromatic heterocycles. The third kappa shape index (κ3) is 7.97. The molecule has 4 fully saturated rings. The lowest BCUT2D eigenvalue weighted by Gasteiger charge is -2.35. The lowest BCUT2D eigenvalue weighted by Crippen LogP contribution is -2.51. The number of benzene rings is 3. The number of aromatic amines is 2. The van der Waals surface area contributed by atoms with E-state index in [0.717, 1.165) is 107 Å². The van der Waals surface area contributed by atoms with Gasteiger partial charge >= 0.3 is 12.2 Å². The van der Waals surface area contributed by atoms with Gasteiger partial charge in [0, 0.05) is 35.4 Å². The largest absolute Gasteiger partial charge is 0.453 e. The zero-order chi connectivity index (χ0) is 44.2. The van der Waals surface area contributed by atoms with Gasteiger partial charge in [0.05, 0.1) is 26.3 Å². The quantitative estimate of drug-likeness (QED) is 0.0983. The number of carbonyl (C=O) groups is 4. The molecule has 330 valence electrons. The predicted molar refractivity (Wildman–Crippen MR) is 244 cm³/mol. The highest BCUT2D eigenvalue weighted by atomic mass is 16.5. The molecule has 5 aromatic rings. The fraction of sp³-hybridized carbons (Fsp3) is 0.451. The Kier molecular flexibility index (Phi) is 11.4. The van der Waals surface area contributed by atoms with Crippen molar-refractivity contribution in [2.24, 2.45) is 17.3 Å². The summed E-state index contributed by atoms with van der Waals surface area (Å²) in [4.78, 5) is 63.1. The molecule has 5 unspecified atom stereocenters. The van der Waals surface area contributed by atoms with Gasteiger partial charge in [-0.05, 0) is 137 Å². The summed E-state index contributed by atoms with van der Waals surface area (Å²) >= 11 is 0. The number of amides is 4. The molecule has 4 aliphatic rings. The molecular formula is C51H60N6O6. The van der Waals surface area contributed by atoms with Gasteiger partial charge in [-0.1, -0.05) is 76.2 Å². The van der Waals surface area contributed by atoms with Crippen LogP contribution in [-0.4, -0.2) is 83.2 Å². The van der Waals surface area contributed by atoms with Crippen LogP contribution in [0.3, 0.4) is 0 Å². The standard InChI is InChI=1S/C51H60N6O6/c1-7-30-24-41(53-45(30)42-26-51(19-20-51)28-56(42)48(59)44(29(3)4)55-50(61)63-6)37-16-15-35-21-34(13-14-36(35)22-37)32-9-11-33(12-10-32)40-25-31(8-2)46(54-40)47-38-17-18-39(23-38)57(47)43(58)27-52-49(60)62-5/h9-16,21-22,24-25,29,38-39,42,44,47,53-54H,7-8,17-20,23,26-28H2,1-6H3,(H,52,60)(H,55,61). The number of hydrogen-bond donors (Lipinski definition) is 4. The molecule has 2 aliphatic heterocycles. The first-order valence-electron chi connectivity index (χ1n) is 22.8. The molecular weight excluding hydrogens is 793 g/mol. The second-order valence-corrected chi connectivity index (χ2v) is 18.7. The van der Waals surface area contributed by atoms with Crippen molar-refractivity contribution in [3.63, 3.8) is 0 Å². The van der Waals surface area contributed by atoms with Gasteiger partial charge in [0.25, 0.3) is 0 Å². The highest BCUT2D eigenvalue weighted by Gasteiger charge is 2.55. The number of nitrogens with zero attached hydrogens (tertiary/aromatic N) is 2. The Bertz CT molecular complexity index is 2550. The summed E-state index contributed by atoms with van der Waals surface area (Å²) < 4.78 is 9.58. The average Bonchev–Trinajstić information content (AvgIpc) is 3.87. The van der Waals surface area contributed by atoms with Crippen molar-refractivity contribution in [1.29, 1.82) is 0 Å². The second kappa shape index (κ2) is 16.9. The van der Waals surface area contributed by atoms with E-state index >= 15 is 0 Å². The number of piperidine rings is 1. The van der Waals surface area contributed by atoms with Crippen LogP contribution in [0.1, 0.15) is 101 Å². The summed E-state index contributed by atoms with van der Waals surface area (Å²) in [5.41, 5.74) is 11.3. The molecule has 63 heavy (non-hydrogen) atoms. The van der Waals surface area contributed by atoms with Gasteiger partial charge in [-0.3, -0.25) is 9.59 Å². The SMILES string of the molecule is CCc1cc(-c2ccc3cc(-c4ccc(-c5cc(CC)c(C6C7CCC(C7)N6C(=O)CNC(=O)OC)[nH]5)cc4)ccc3c2)[nH]c1C1CC2(CC2)CN1C(=O)C(NC(=O)OC)C(C)C. The molecule has 5 atom stereocenters. The highest BCUT2D eigenvalue weighted by Crippen LogP contribution is 2.59. The van der Waals surface area contributed by atoms with Crippen molar-refractivity contribution < 1.29 is 28.7 Å². The summed E-state index contributed by atoms with van der Waals surface area (Å²) in [6.45, 7) is 8.87. The summed E-state index contributed by atoms with van der Waals surface area (Å²) in [5, 5.41) is 7.68. The van der Waals surface area contributed by atoms with E-state index in [1.807, 2.05) is 23.6 Å². The smallest absolute Gasteiger partial charge is 0.407 e. The number of ether oxygens (including phenoxy) is 2. The molecule has 3 aromatic carbocycles. The predicted octanol–water partition coefficient (Wildman–Crippen LogP) is 9.46. The molecule has 4 heterocycles. The number of hydrogen-bond acceptors (Lipinski definition) is 6. The minimum Gasteiger partial charge on any atom is -0.453 e. The number of likely N-dealkylation sites (tertiary alicyclic amines) is 2. The topological polar surface area (TPSA) is 149 Å². The van der Waals surface area contributed by atoms with Gasteiger partial charge in [-0.15, -0.1) is 0 Å². The van der Waals surface area contributed by atoms with E-state index in [4.69, 9.17) is 9.47 Å². The maximum Gasteiger partial charge on any atom is 0.407 e. The normalized spacial score (nSPS) is 21.3. The van der Waals surface area contributed by atoms with Gasteiger partial charge in [-0.2, -0.15) is 0 Å². The van der Waals surface area contributed by atoms with Crippen LogP contribution in [0.5, 0.6) is 0 Å². The number of carbonyl (C=O) groups excluding carboxylic acids is 4. The first kappa shape index (κ1) is 42.3. The van der Waals surface area contributed by atoms with Crippen LogP contribution >= 0.6 is 0 Å². The Labute approximate surface area is 369 Å². The number of nitrogens with one attached hydrogen (secondary N) is 4. The van der Waals surface area contributed by atoms with Crippen molar-refractivity contribution in [1.82, 2.24) is 30.4 Å². The highest BCUT2D eigenvalue weighted by molar-refractivity contribution is 5.91. The number of aromatic nitrogens is 2. The number of alkyl carbamates (subject to hydrolysis) is 2. The van der Waals surface area contributed by atoms with E-state index in [1.165, 1.54) is 25.3 Å². The van der Waals surface area contributed by atoms with Crippen LogP contribution in [0, 0.1) is 17.3 Å². The molecule has 2 saturated heterocycles. The number of H-pyrrole nitrogens is 2. The molecule has 12 nitrogen and oxygen atoms in total. The summed E-state index contributed by atoms with van der Waals surface area (Å²) in [6, 6.07) is 25.8. The molecule has 0 radical (unpaired) electrons. The first-order valence-corrected chi connectivity index (χ1v) is 22.8. The molecule has 4 amide bonds. The molecule has 4 N–H and O–H groups in total. The van der Waals surface area contributed by atoms with Crippen LogP contribution in [0.2, 0.25) is 0 Å².